The number of benzene rings is 3. The molecule has 0 spiro atoms. The minimum Gasteiger partial charge on any atom is -0.448 e. The van der Waals surface area contributed by atoms with Crippen molar-refractivity contribution in [2.75, 3.05) is 0 Å². The highest BCUT2D eigenvalue weighted by molar-refractivity contribution is 6.17. The average molecular weight is 428 g/mol. The van der Waals surface area contributed by atoms with Gasteiger partial charge in [0.05, 0.1) is 5.56 Å². The Balaban J connectivity index is 1.66. The monoisotopic (exact) mass is 427 g/mol. The number of hydrogen-bond donors (Lipinski definition) is 0. The standard InChI is InChI=1S/C30H30NO/c1-18-9-12-24(19(2)15-18)28-30-27(20(3)17-31(28)4)26-14-11-23-16-22(21-7-5-6-8-21)10-13-25(23)29(26)32-30/h9-17,21H,5-8H2,1-4H3/q+1/i1D3,3D3,21D. The molecule has 5 aromatic rings. The number of hydrogen-bond acceptors (Lipinski definition) is 1. The van der Waals surface area contributed by atoms with E-state index in [1.54, 1.807) is 36.0 Å². The zero-order valence-corrected chi connectivity index (χ0v) is 18.4. The second-order valence-electron chi connectivity index (χ2n) is 9.03. The predicted octanol–water partition coefficient (Wildman–Crippen LogP) is 7.81. The van der Waals surface area contributed by atoms with Gasteiger partial charge in [-0.15, -0.1) is 0 Å². The molecule has 3 aromatic carbocycles. The van der Waals surface area contributed by atoms with E-state index >= 15 is 0 Å². The van der Waals surface area contributed by atoms with E-state index < -0.39 is 19.6 Å². The summed E-state index contributed by atoms with van der Waals surface area (Å²) in [6, 6.07) is 15.0. The summed E-state index contributed by atoms with van der Waals surface area (Å²) in [4.78, 5) is 0. The van der Waals surface area contributed by atoms with Crippen LogP contribution in [0.5, 0.6) is 0 Å². The molecular weight excluding hydrogens is 390 g/mol. The first-order valence-electron chi connectivity index (χ1n) is 14.7. The van der Waals surface area contributed by atoms with E-state index in [0.29, 0.717) is 22.2 Å². The highest BCUT2D eigenvalue weighted by Crippen LogP contribution is 2.41. The number of pyridine rings is 1. The van der Waals surface area contributed by atoms with E-state index in [-0.39, 0.29) is 11.1 Å². The van der Waals surface area contributed by atoms with Crippen molar-refractivity contribution in [3.63, 3.8) is 0 Å². The van der Waals surface area contributed by atoms with Crippen LogP contribution in [-0.4, -0.2) is 0 Å². The van der Waals surface area contributed by atoms with Crippen molar-refractivity contribution >= 4 is 32.7 Å². The Kier molecular flexibility index (Phi) is 3.02. The van der Waals surface area contributed by atoms with Crippen molar-refractivity contribution in [2.45, 2.75) is 52.2 Å². The fourth-order valence-corrected chi connectivity index (χ4v) is 5.35. The largest absolute Gasteiger partial charge is 0.448 e. The molecule has 2 heteroatoms. The maximum atomic E-state index is 8.94. The maximum absolute atomic E-state index is 8.94. The molecule has 2 heterocycles. The van der Waals surface area contributed by atoms with Crippen LogP contribution in [0.15, 0.2) is 59.1 Å². The number of nitrogens with zero attached hydrogens (tertiary/aromatic N) is 1. The summed E-state index contributed by atoms with van der Waals surface area (Å²) >= 11 is 0. The molecule has 1 aliphatic carbocycles. The third-order valence-corrected chi connectivity index (χ3v) is 6.93. The molecule has 0 N–H and O–H groups in total. The Labute approximate surface area is 199 Å². The van der Waals surface area contributed by atoms with Crippen LogP contribution in [0.1, 0.15) is 63.4 Å². The Hall–Kier alpha value is -3.13. The summed E-state index contributed by atoms with van der Waals surface area (Å²) in [7, 11) is 1.79. The smallest absolute Gasteiger partial charge is 0.256 e. The molecule has 1 aliphatic rings. The fraction of sp³-hybridized carbons (Fsp3) is 0.300. The van der Waals surface area contributed by atoms with Crippen LogP contribution in [0.4, 0.5) is 0 Å². The van der Waals surface area contributed by atoms with Crippen LogP contribution in [0, 0.1) is 20.6 Å². The lowest BCUT2D eigenvalue weighted by molar-refractivity contribution is -0.659. The van der Waals surface area contributed by atoms with Crippen molar-refractivity contribution in [3.8, 4) is 11.3 Å². The Morgan fingerprint density at radius 3 is 2.56 bits per heavy atom. The van der Waals surface area contributed by atoms with Gasteiger partial charge >= 0.3 is 0 Å². The van der Waals surface area contributed by atoms with Crippen LogP contribution >= 0.6 is 0 Å². The number of rotatable bonds is 2. The van der Waals surface area contributed by atoms with Crippen LogP contribution in [0.25, 0.3) is 44.0 Å². The van der Waals surface area contributed by atoms with Crippen molar-refractivity contribution in [2.24, 2.45) is 7.05 Å². The highest BCUT2D eigenvalue weighted by Gasteiger charge is 2.25. The Bertz CT molecular complexity index is 1770. The predicted molar refractivity (Wildman–Crippen MR) is 133 cm³/mol. The van der Waals surface area contributed by atoms with E-state index in [1.807, 2.05) is 31.2 Å². The Morgan fingerprint density at radius 2 is 1.78 bits per heavy atom. The summed E-state index contributed by atoms with van der Waals surface area (Å²) in [5.41, 5.74) is 4.73. The van der Waals surface area contributed by atoms with Gasteiger partial charge < -0.3 is 4.42 Å². The van der Waals surface area contributed by atoms with E-state index in [0.717, 1.165) is 58.5 Å². The van der Waals surface area contributed by atoms with Gasteiger partial charge in [0.1, 0.15) is 12.6 Å². The van der Waals surface area contributed by atoms with Gasteiger partial charge in [0, 0.05) is 31.3 Å². The lowest BCUT2D eigenvalue weighted by Crippen LogP contribution is -2.31. The molecule has 0 radical (unpaired) electrons. The molecule has 1 saturated carbocycles. The van der Waals surface area contributed by atoms with E-state index in [2.05, 4.69) is 6.07 Å². The second-order valence-corrected chi connectivity index (χ2v) is 9.03. The summed E-state index contributed by atoms with van der Waals surface area (Å²) in [6.07, 6.45) is 5.47. The number of furan rings is 1. The van der Waals surface area contributed by atoms with E-state index in [4.69, 9.17) is 14.0 Å². The molecule has 0 amide bonds. The van der Waals surface area contributed by atoms with Crippen molar-refractivity contribution in [1.82, 2.24) is 0 Å². The fourth-order valence-electron chi connectivity index (χ4n) is 5.35. The van der Waals surface area contributed by atoms with Crippen LogP contribution in [0.2, 0.25) is 0 Å². The average Bonchev–Trinajstić information content (AvgIpc) is 3.47. The summed E-state index contributed by atoms with van der Waals surface area (Å²) in [6.45, 7) is -2.74. The minimum absolute atomic E-state index is 0.200. The van der Waals surface area contributed by atoms with Gasteiger partial charge in [-0.05, 0) is 68.0 Å². The molecule has 1 fully saturated rings. The van der Waals surface area contributed by atoms with Crippen LogP contribution < -0.4 is 4.57 Å². The van der Waals surface area contributed by atoms with Gasteiger partial charge in [0.2, 0.25) is 5.58 Å². The topological polar surface area (TPSA) is 17.0 Å². The summed E-state index contributed by atoms with van der Waals surface area (Å²) in [5, 5.41) is 3.08. The van der Waals surface area contributed by atoms with Crippen molar-refractivity contribution in [1.29, 1.82) is 0 Å². The van der Waals surface area contributed by atoms with Crippen molar-refractivity contribution in [3.05, 3.63) is 77.0 Å². The summed E-state index contributed by atoms with van der Waals surface area (Å²) < 4.78 is 65.5. The molecule has 2 nitrogen and oxygen atoms in total. The van der Waals surface area contributed by atoms with Crippen LogP contribution in [0.3, 0.4) is 0 Å². The van der Waals surface area contributed by atoms with Gasteiger partial charge in [-0.25, -0.2) is 0 Å². The molecular formula is C30H30NO+. The zero-order chi connectivity index (χ0) is 27.9. The molecule has 2 aromatic heterocycles. The van der Waals surface area contributed by atoms with E-state index in [9.17, 15) is 0 Å². The van der Waals surface area contributed by atoms with Crippen LogP contribution in [-0.2, 0) is 7.05 Å². The normalized spacial score (nSPS) is 19.9. The van der Waals surface area contributed by atoms with Gasteiger partial charge in [-0.3, -0.25) is 0 Å². The minimum atomic E-state index is -2.37. The van der Waals surface area contributed by atoms with Crippen molar-refractivity contribution < 1.29 is 18.6 Å². The second kappa shape index (κ2) is 7.20. The number of aromatic nitrogens is 1. The quantitative estimate of drug-likeness (QED) is 0.263. The van der Waals surface area contributed by atoms with Gasteiger partial charge in [0.25, 0.3) is 5.69 Å². The third-order valence-electron chi connectivity index (χ3n) is 6.93. The zero-order valence-electron chi connectivity index (χ0n) is 25.4. The Morgan fingerprint density at radius 1 is 0.938 bits per heavy atom. The SMILES string of the molecule is [2H]C([2H])([2H])c1ccc(-c2c3oc4c5ccc(C6([2H])CCCC6)cc5ccc4c3c(C([2H])([2H])[2H])c[n+]2C)c(C)c1. The molecule has 0 bridgehead atoms. The molecule has 0 saturated heterocycles. The lowest BCUT2D eigenvalue weighted by atomic mass is 9.94. The maximum Gasteiger partial charge on any atom is 0.256 e. The molecule has 0 aliphatic heterocycles. The van der Waals surface area contributed by atoms with Gasteiger partial charge in [-0.1, -0.05) is 54.8 Å². The molecule has 6 rings (SSSR count). The number of fused-ring (bicyclic) bond motifs is 5. The molecule has 0 atom stereocenters. The summed E-state index contributed by atoms with van der Waals surface area (Å²) in [5.74, 6) is -0.565. The van der Waals surface area contributed by atoms with Gasteiger partial charge in [-0.2, -0.15) is 4.57 Å². The first-order valence-corrected chi connectivity index (χ1v) is 11.2. The number of aryl methyl sites for hydroxylation is 4. The molecule has 160 valence electrons. The molecule has 32 heavy (non-hydrogen) atoms. The highest BCUT2D eigenvalue weighted by atomic mass is 16.3. The lowest BCUT2D eigenvalue weighted by Gasteiger charge is -2.10. The third kappa shape index (κ3) is 2.89. The van der Waals surface area contributed by atoms with E-state index in [1.165, 1.54) is 0 Å². The van der Waals surface area contributed by atoms with Gasteiger partial charge in [0.15, 0.2) is 6.20 Å². The molecule has 0 unspecified atom stereocenters. The first-order chi connectivity index (χ1) is 18.3. The first kappa shape index (κ1) is 13.4.